The number of carbonyl (C=O) groups excluding carboxylic acids is 2. The Morgan fingerprint density at radius 3 is 2.81 bits per heavy atom. The highest BCUT2D eigenvalue weighted by Crippen LogP contribution is 2.26. The minimum Gasteiger partial charge on any atom is -0.447 e. The number of aromatic nitrogens is 1. The zero-order chi connectivity index (χ0) is 18.3. The second-order valence-corrected chi connectivity index (χ2v) is 6.98. The van der Waals surface area contributed by atoms with E-state index < -0.39 is 0 Å². The number of halogens is 1. The van der Waals surface area contributed by atoms with Crippen LogP contribution in [0.15, 0.2) is 24.3 Å². The van der Waals surface area contributed by atoms with E-state index in [0.717, 1.165) is 24.8 Å². The summed E-state index contributed by atoms with van der Waals surface area (Å²) >= 11 is 0. The van der Waals surface area contributed by atoms with Crippen LogP contribution in [-0.2, 0) is 4.74 Å². The lowest BCUT2D eigenvalue weighted by Gasteiger charge is -2.37. The van der Waals surface area contributed by atoms with Gasteiger partial charge in [-0.15, -0.1) is 0 Å². The zero-order valence-electron chi connectivity index (χ0n) is 14.7. The number of aromatic amines is 1. The molecule has 0 saturated carbocycles. The predicted molar refractivity (Wildman–Crippen MR) is 94.4 cm³/mol. The third kappa shape index (κ3) is 2.91. The monoisotopic (exact) mass is 359 g/mol. The fourth-order valence-corrected chi connectivity index (χ4v) is 3.97. The van der Waals surface area contributed by atoms with Crippen LogP contribution in [0.4, 0.5) is 9.18 Å². The van der Waals surface area contributed by atoms with Gasteiger partial charge in [0, 0.05) is 30.0 Å². The first kappa shape index (κ1) is 16.9. The highest BCUT2D eigenvalue weighted by Gasteiger charge is 2.39. The first-order valence-corrected chi connectivity index (χ1v) is 9.09. The van der Waals surface area contributed by atoms with Gasteiger partial charge in [0.15, 0.2) is 0 Å². The quantitative estimate of drug-likeness (QED) is 0.916. The van der Waals surface area contributed by atoms with E-state index in [2.05, 4.69) is 11.9 Å². The van der Waals surface area contributed by atoms with Crippen molar-refractivity contribution in [2.45, 2.75) is 38.3 Å². The van der Waals surface area contributed by atoms with Crippen LogP contribution in [0, 0.1) is 5.82 Å². The van der Waals surface area contributed by atoms with Crippen molar-refractivity contribution in [3.05, 3.63) is 35.8 Å². The molecule has 2 aliphatic heterocycles. The molecular weight excluding hydrogens is 337 g/mol. The molecule has 6 nitrogen and oxygen atoms in total. The Labute approximate surface area is 150 Å². The Balaban J connectivity index is 1.43. The number of hydrogen-bond donors (Lipinski definition) is 1. The van der Waals surface area contributed by atoms with Gasteiger partial charge in [-0.3, -0.25) is 9.69 Å². The van der Waals surface area contributed by atoms with Gasteiger partial charge in [0.2, 0.25) is 0 Å². The van der Waals surface area contributed by atoms with Crippen LogP contribution in [0.5, 0.6) is 0 Å². The molecule has 2 aliphatic rings. The van der Waals surface area contributed by atoms with Gasteiger partial charge in [-0.2, -0.15) is 0 Å². The van der Waals surface area contributed by atoms with E-state index in [1.807, 2.05) is 4.90 Å². The molecule has 2 amide bonds. The van der Waals surface area contributed by atoms with Crippen LogP contribution < -0.4 is 0 Å². The molecule has 0 bridgehead atoms. The minimum absolute atomic E-state index is 0.0869. The SMILES string of the molecule is CCC1COC(=O)N1C1CCN(C(=O)c2cc3cc(F)ccc3[nH]2)CC1. The fraction of sp³-hybridized carbons (Fsp3) is 0.474. The lowest BCUT2D eigenvalue weighted by Crippen LogP contribution is -2.49. The fourth-order valence-electron chi connectivity index (χ4n) is 3.97. The molecule has 1 atom stereocenters. The molecule has 1 unspecified atom stereocenters. The summed E-state index contributed by atoms with van der Waals surface area (Å²) in [6.45, 7) is 3.69. The Morgan fingerprint density at radius 2 is 2.08 bits per heavy atom. The summed E-state index contributed by atoms with van der Waals surface area (Å²) in [6, 6.07) is 6.38. The Morgan fingerprint density at radius 1 is 1.31 bits per heavy atom. The molecule has 26 heavy (non-hydrogen) atoms. The average molecular weight is 359 g/mol. The van der Waals surface area contributed by atoms with Crippen molar-refractivity contribution in [3.8, 4) is 0 Å². The van der Waals surface area contributed by atoms with Gasteiger partial charge in [-0.25, -0.2) is 9.18 Å². The highest BCUT2D eigenvalue weighted by atomic mass is 19.1. The van der Waals surface area contributed by atoms with Gasteiger partial charge in [-0.05, 0) is 43.5 Å². The van der Waals surface area contributed by atoms with Crippen molar-refractivity contribution < 1.29 is 18.7 Å². The van der Waals surface area contributed by atoms with Gasteiger partial charge < -0.3 is 14.6 Å². The van der Waals surface area contributed by atoms with Crippen molar-refractivity contribution in [3.63, 3.8) is 0 Å². The number of likely N-dealkylation sites (tertiary alicyclic amines) is 1. The van der Waals surface area contributed by atoms with Crippen molar-refractivity contribution >= 4 is 22.9 Å². The smallest absolute Gasteiger partial charge is 0.410 e. The van der Waals surface area contributed by atoms with Gasteiger partial charge in [0.1, 0.15) is 18.1 Å². The third-order valence-electron chi connectivity index (χ3n) is 5.43. The molecule has 0 aliphatic carbocycles. The molecule has 2 fully saturated rings. The Kier molecular flexibility index (Phi) is 4.30. The molecule has 4 rings (SSSR count). The summed E-state index contributed by atoms with van der Waals surface area (Å²) in [5.74, 6) is -0.407. The summed E-state index contributed by atoms with van der Waals surface area (Å²) in [5, 5.41) is 0.689. The summed E-state index contributed by atoms with van der Waals surface area (Å²) < 4.78 is 18.5. The van der Waals surface area contributed by atoms with Gasteiger partial charge >= 0.3 is 6.09 Å². The average Bonchev–Trinajstić information content (AvgIpc) is 3.24. The maximum atomic E-state index is 13.3. The second-order valence-electron chi connectivity index (χ2n) is 6.98. The zero-order valence-corrected chi connectivity index (χ0v) is 14.7. The number of H-pyrrole nitrogens is 1. The van der Waals surface area contributed by atoms with E-state index in [1.165, 1.54) is 12.1 Å². The van der Waals surface area contributed by atoms with Crippen LogP contribution in [0.2, 0.25) is 0 Å². The number of cyclic esters (lactones) is 1. The van der Waals surface area contributed by atoms with Gasteiger partial charge in [0.25, 0.3) is 5.91 Å². The maximum Gasteiger partial charge on any atom is 0.410 e. The third-order valence-corrected chi connectivity index (χ3v) is 5.43. The molecule has 2 aromatic rings. The number of benzene rings is 1. The number of fused-ring (bicyclic) bond motifs is 1. The molecule has 1 aromatic heterocycles. The first-order chi connectivity index (χ1) is 12.6. The molecule has 0 radical (unpaired) electrons. The van der Waals surface area contributed by atoms with Crippen LogP contribution in [-0.4, -0.2) is 58.6 Å². The lowest BCUT2D eigenvalue weighted by molar-refractivity contribution is 0.0631. The molecular formula is C19H22FN3O3. The van der Waals surface area contributed by atoms with E-state index in [1.54, 1.807) is 17.0 Å². The first-order valence-electron chi connectivity index (χ1n) is 9.09. The molecule has 7 heteroatoms. The van der Waals surface area contributed by atoms with E-state index in [-0.39, 0.29) is 29.9 Å². The molecule has 3 heterocycles. The summed E-state index contributed by atoms with van der Waals surface area (Å²) in [4.78, 5) is 31.5. The number of carbonyl (C=O) groups is 2. The number of piperidine rings is 1. The van der Waals surface area contributed by atoms with Crippen molar-refractivity contribution in [2.24, 2.45) is 0 Å². The van der Waals surface area contributed by atoms with Crippen molar-refractivity contribution in [1.29, 1.82) is 0 Å². The molecule has 2 saturated heterocycles. The largest absolute Gasteiger partial charge is 0.447 e. The van der Waals surface area contributed by atoms with E-state index in [4.69, 9.17) is 4.74 Å². The van der Waals surface area contributed by atoms with Crippen molar-refractivity contribution in [2.75, 3.05) is 19.7 Å². The van der Waals surface area contributed by atoms with Crippen LogP contribution in [0.1, 0.15) is 36.7 Å². The summed E-state index contributed by atoms with van der Waals surface area (Å²) in [7, 11) is 0. The molecule has 1 aromatic carbocycles. The van der Waals surface area contributed by atoms with Crippen molar-refractivity contribution in [1.82, 2.24) is 14.8 Å². The van der Waals surface area contributed by atoms with E-state index in [9.17, 15) is 14.0 Å². The standard InChI is InChI=1S/C19H22FN3O3/c1-2-14-11-26-19(25)23(14)15-5-7-22(8-6-15)18(24)17-10-12-9-13(20)3-4-16(12)21-17/h3-4,9-10,14-15,21H,2,5-8,11H2,1H3. The van der Waals surface area contributed by atoms with Crippen LogP contribution >= 0.6 is 0 Å². The summed E-state index contributed by atoms with van der Waals surface area (Å²) in [6.07, 6.45) is 2.12. The predicted octanol–water partition coefficient (Wildman–Crippen LogP) is 3.14. The second kappa shape index (κ2) is 6.63. The number of nitrogens with zero attached hydrogens (tertiary/aromatic N) is 2. The Bertz CT molecular complexity index is 842. The molecule has 1 N–H and O–H groups in total. The normalized spacial score (nSPS) is 21.5. The summed E-state index contributed by atoms with van der Waals surface area (Å²) in [5.41, 5.74) is 1.21. The number of hydrogen-bond acceptors (Lipinski definition) is 3. The number of nitrogens with one attached hydrogen (secondary N) is 1. The Hall–Kier alpha value is -2.57. The number of rotatable bonds is 3. The minimum atomic E-state index is -0.320. The van der Waals surface area contributed by atoms with Crippen LogP contribution in [0.3, 0.4) is 0 Å². The van der Waals surface area contributed by atoms with Gasteiger partial charge in [-0.1, -0.05) is 6.92 Å². The number of amides is 2. The topological polar surface area (TPSA) is 65.6 Å². The maximum absolute atomic E-state index is 13.3. The van der Waals surface area contributed by atoms with Crippen LogP contribution in [0.25, 0.3) is 10.9 Å². The molecule has 0 spiro atoms. The van der Waals surface area contributed by atoms with E-state index in [0.29, 0.717) is 30.8 Å². The number of ether oxygens (including phenoxy) is 1. The van der Waals surface area contributed by atoms with E-state index >= 15 is 0 Å². The highest BCUT2D eigenvalue weighted by molar-refractivity contribution is 5.98. The molecule has 138 valence electrons. The van der Waals surface area contributed by atoms with Gasteiger partial charge in [0.05, 0.1) is 6.04 Å². The lowest BCUT2D eigenvalue weighted by atomic mass is 10.0.